The Balaban J connectivity index is 1.72. The fraction of sp³-hybridized carbons (Fsp3) is 0.312. The third-order valence-electron chi connectivity index (χ3n) is 3.45. The standard InChI is InChI=1S/C16H17N3O2S2/c1-10-17-13(9-23-10)11-3-2-4-12(7-11)18-16(21)14-8-22-6-5-15(20)19-14/h2-4,7,9,14H,5-6,8H2,1H3,(H,18,21)(H,19,20). The maximum absolute atomic E-state index is 12.4. The average molecular weight is 347 g/mol. The zero-order chi connectivity index (χ0) is 16.2. The number of carbonyl (C=O) groups is 2. The summed E-state index contributed by atoms with van der Waals surface area (Å²) in [5, 5.41) is 8.66. The van der Waals surface area contributed by atoms with Gasteiger partial charge in [0.15, 0.2) is 0 Å². The summed E-state index contributed by atoms with van der Waals surface area (Å²) in [5.41, 5.74) is 2.58. The molecule has 1 aromatic carbocycles. The smallest absolute Gasteiger partial charge is 0.247 e. The molecule has 5 nitrogen and oxygen atoms in total. The fourth-order valence-electron chi connectivity index (χ4n) is 2.30. The first kappa shape index (κ1) is 16.0. The van der Waals surface area contributed by atoms with E-state index in [1.54, 1.807) is 23.1 Å². The summed E-state index contributed by atoms with van der Waals surface area (Å²) >= 11 is 3.21. The molecule has 0 aliphatic carbocycles. The van der Waals surface area contributed by atoms with Gasteiger partial charge in [0.05, 0.1) is 10.7 Å². The number of hydrogen-bond donors (Lipinski definition) is 2. The van der Waals surface area contributed by atoms with E-state index in [9.17, 15) is 9.59 Å². The highest BCUT2D eigenvalue weighted by Crippen LogP contribution is 2.24. The van der Waals surface area contributed by atoms with Crippen LogP contribution >= 0.6 is 23.1 Å². The van der Waals surface area contributed by atoms with Gasteiger partial charge in [-0.2, -0.15) is 11.8 Å². The molecule has 0 spiro atoms. The minimum Gasteiger partial charge on any atom is -0.343 e. The van der Waals surface area contributed by atoms with Gasteiger partial charge in [-0.1, -0.05) is 12.1 Å². The van der Waals surface area contributed by atoms with Gasteiger partial charge in [-0.15, -0.1) is 11.3 Å². The summed E-state index contributed by atoms with van der Waals surface area (Å²) in [7, 11) is 0. The molecule has 120 valence electrons. The van der Waals surface area contributed by atoms with Crippen molar-refractivity contribution in [3.05, 3.63) is 34.7 Å². The molecule has 23 heavy (non-hydrogen) atoms. The number of anilines is 1. The molecule has 0 radical (unpaired) electrons. The van der Waals surface area contributed by atoms with E-state index in [1.807, 2.05) is 36.6 Å². The lowest BCUT2D eigenvalue weighted by Gasteiger charge is -2.15. The number of thiazole rings is 1. The van der Waals surface area contributed by atoms with Crippen molar-refractivity contribution in [2.24, 2.45) is 0 Å². The minimum atomic E-state index is -0.486. The number of thioether (sulfide) groups is 1. The Morgan fingerprint density at radius 1 is 1.43 bits per heavy atom. The summed E-state index contributed by atoms with van der Waals surface area (Å²) in [5.74, 6) is 1.11. The SMILES string of the molecule is Cc1nc(-c2cccc(NC(=O)C3CSCCC(=O)N3)c2)cs1. The Bertz CT molecular complexity index is 730. The highest BCUT2D eigenvalue weighted by atomic mass is 32.2. The molecule has 1 fully saturated rings. The first-order valence-electron chi connectivity index (χ1n) is 7.32. The third kappa shape index (κ3) is 4.11. The van der Waals surface area contributed by atoms with Gasteiger partial charge >= 0.3 is 0 Å². The Hall–Kier alpha value is -1.86. The highest BCUT2D eigenvalue weighted by molar-refractivity contribution is 7.99. The lowest BCUT2D eigenvalue weighted by Crippen LogP contribution is -2.44. The molecule has 2 amide bonds. The molecule has 1 atom stereocenters. The molecular formula is C16H17N3O2S2. The van der Waals surface area contributed by atoms with Crippen LogP contribution in [0.25, 0.3) is 11.3 Å². The number of nitrogens with one attached hydrogen (secondary N) is 2. The number of amides is 2. The molecule has 1 aliphatic heterocycles. The van der Waals surface area contributed by atoms with Crippen molar-refractivity contribution in [2.45, 2.75) is 19.4 Å². The summed E-state index contributed by atoms with van der Waals surface area (Å²) in [6.07, 6.45) is 0.465. The molecule has 2 heterocycles. The third-order valence-corrected chi connectivity index (χ3v) is 5.29. The first-order chi connectivity index (χ1) is 11.1. The molecule has 1 aliphatic rings. The van der Waals surface area contributed by atoms with Gasteiger partial charge in [-0.25, -0.2) is 4.98 Å². The topological polar surface area (TPSA) is 71.1 Å². The molecule has 1 aromatic heterocycles. The predicted molar refractivity (Wildman–Crippen MR) is 94.8 cm³/mol. The first-order valence-corrected chi connectivity index (χ1v) is 9.36. The predicted octanol–water partition coefficient (Wildman–Crippen LogP) is 2.68. The number of aryl methyl sites for hydroxylation is 1. The average Bonchev–Trinajstić information content (AvgIpc) is 2.84. The number of carbonyl (C=O) groups excluding carboxylic acids is 2. The summed E-state index contributed by atoms with van der Waals surface area (Å²) in [6, 6.07) is 7.11. The van der Waals surface area contributed by atoms with E-state index < -0.39 is 6.04 Å². The van der Waals surface area contributed by atoms with Gasteiger partial charge in [-0.05, 0) is 19.1 Å². The van der Waals surface area contributed by atoms with E-state index in [4.69, 9.17) is 0 Å². The number of hydrogen-bond acceptors (Lipinski definition) is 5. The Labute approximate surface area is 142 Å². The van der Waals surface area contributed by atoms with Crippen LogP contribution in [-0.4, -0.2) is 34.3 Å². The number of rotatable bonds is 3. The monoisotopic (exact) mass is 347 g/mol. The Kier molecular flexibility index (Phi) is 4.97. The van der Waals surface area contributed by atoms with Gasteiger partial charge in [0, 0.05) is 34.6 Å². The highest BCUT2D eigenvalue weighted by Gasteiger charge is 2.23. The second-order valence-corrected chi connectivity index (χ2v) is 7.48. The van der Waals surface area contributed by atoms with Crippen LogP contribution in [-0.2, 0) is 9.59 Å². The van der Waals surface area contributed by atoms with Gasteiger partial charge < -0.3 is 10.6 Å². The second-order valence-electron chi connectivity index (χ2n) is 5.27. The van der Waals surface area contributed by atoms with Crippen LogP contribution in [0, 0.1) is 6.92 Å². The molecule has 1 saturated heterocycles. The molecule has 2 N–H and O–H groups in total. The number of nitrogens with zero attached hydrogens (tertiary/aromatic N) is 1. The molecule has 3 rings (SSSR count). The van der Waals surface area contributed by atoms with Crippen molar-refractivity contribution in [3.8, 4) is 11.3 Å². The van der Waals surface area contributed by atoms with Crippen LogP contribution in [0.15, 0.2) is 29.6 Å². The van der Waals surface area contributed by atoms with Crippen molar-refractivity contribution in [1.29, 1.82) is 0 Å². The number of aromatic nitrogens is 1. The van der Waals surface area contributed by atoms with Gasteiger partial charge in [0.25, 0.3) is 0 Å². The van der Waals surface area contributed by atoms with Gasteiger partial charge in [0.1, 0.15) is 6.04 Å². The van der Waals surface area contributed by atoms with E-state index in [0.29, 0.717) is 17.9 Å². The molecule has 0 bridgehead atoms. The number of benzene rings is 1. The lowest BCUT2D eigenvalue weighted by atomic mass is 10.1. The van der Waals surface area contributed by atoms with Crippen LogP contribution in [0.1, 0.15) is 11.4 Å². The van der Waals surface area contributed by atoms with Crippen molar-refractivity contribution in [2.75, 3.05) is 16.8 Å². The minimum absolute atomic E-state index is 0.0677. The van der Waals surface area contributed by atoms with E-state index in [-0.39, 0.29) is 11.8 Å². The maximum Gasteiger partial charge on any atom is 0.247 e. The summed E-state index contributed by atoms with van der Waals surface area (Å²) in [4.78, 5) is 28.4. The maximum atomic E-state index is 12.4. The molecule has 1 unspecified atom stereocenters. The van der Waals surface area contributed by atoms with Crippen molar-refractivity contribution >= 4 is 40.6 Å². The van der Waals surface area contributed by atoms with E-state index in [1.165, 1.54) is 0 Å². The largest absolute Gasteiger partial charge is 0.343 e. The van der Waals surface area contributed by atoms with Crippen LogP contribution < -0.4 is 10.6 Å². The van der Waals surface area contributed by atoms with E-state index in [0.717, 1.165) is 22.0 Å². The Morgan fingerprint density at radius 3 is 3.09 bits per heavy atom. The van der Waals surface area contributed by atoms with Gasteiger partial charge in [-0.3, -0.25) is 9.59 Å². The van der Waals surface area contributed by atoms with E-state index >= 15 is 0 Å². The van der Waals surface area contributed by atoms with E-state index in [2.05, 4.69) is 15.6 Å². The summed E-state index contributed by atoms with van der Waals surface area (Å²) in [6.45, 7) is 1.96. The molecule has 0 saturated carbocycles. The van der Waals surface area contributed by atoms with Crippen LogP contribution in [0.2, 0.25) is 0 Å². The quantitative estimate of drug-likeness (QED) is 0.895. The second kappa shape index (κ2) is 7.14. The molecule has 2 aromatic rings. The lowest BCUT2D eigenvalue weighted by molar-refractivity contribution is -0.125. The molecule has 7 heteroatoms. The van der Waals surface area contributed by atoms with Crippen molar-refractivity contribution < 1.29 is 9.59 Å². The van der Waals surface area contributed by atoms with Crippen LogP contribution in [0.5, 0.6) is 0 Å². The normalized spacial score (nSPS) is 18.1. The fourth-order valence-corrected chi connectivity index (χ4v) is 3.89. The van der Waals surface area contributed by atoms with Crippen LogP contribution in [0.4, 0.5) is 5.69 Å². The molecular weight excluding hydrogens is 330 g/mol. The van der Waals surface area contributed by atoms with Gasteiger partial charge in [0.2, 0.25) is 11.8 Å². The van der Waals surface area contributed by atoms with Crippen LogP contribution in [0.3, 0.4) is 0 Å². The Morgan fingerprint density at radius 2 is 2.30 bits per heavy atom. The zero-order valence-corrected chi connectivity index (χ0v) is 14.3. The summed E-state index contributed by atoms with van der Waals surface area (Å²) < 4.78 is 0. The zero-order valence-electron chi connectivity index (χ0n) is 12.7. The van der Waals surface area contributed by atoms with Crippen molar-refractivity contribution in [1.82, 2.24) is 10.3 Å². The van der Waals surface area contributed by atoms with Crippen molar-refractivity contribution in [3.63, 3.8) is 0 Å².